The number of allylic oxidation sites excluding steroid dienone is 2. The molecule has 0 saturated carbocycles. The van der Waals surface area contributed by atoms with Gasteiger partial charge in [-0.05, 0) is 70.2 Å². The molecule has 262 valence electrons. The Hall–Kier alpha value is -3.79. The Morgan fingerprint density at radius 2 is 1.47 bits per heavy atom. The van der Waals surface area contributed by atoms with E-state index >= 15 is 0 Å². The van der Waals surface area contributed by atoms with Gasteiger partial charge in [0, 0.05) is 25.7 Å². The predicted molar refractivity (Wildman–Crippen MR) is 181 cm³/mol. The maximum Gasteiger partial charge on any atom is 0.337 e. The average Bonchev–Trinajstić information content (AvgIpc) is 2.99. The number of carboxylic acids is 2. The first-order chi connectivity index (χ1) is 22.3. The number of carbonyl (C=O) groups is 5. The molecule has 10 nitrogen and oxygen atoms in total. The quantitative estimate of drug-likeness (QED) is 0.0653. The molecule has 0 unspecified atom stereocenters. The van der Waals surface area contributed by atoms with Crippen molar-refractivity contribution in [2.75, 3.05) is 6.61 Å². The van der Waals surface area contributed by atoms with E-state index in [9.17, 15) is 39.3 Å². The fraction of sp³-hybridized carbons (Fsp3) is 0.595. The molecule has 47 heavy (non-hydrogen) atoms. The Morgan fingerprint density at radius 1 is 0.872 bits per heavy atom. The van der Waals surface area contributed by atoms with Crippen molar-refractivity contribution >= 4 is 29.4 Å². The molecule has 0 saturated heterocycles. The number of Topliss-reactive ketones (excluding diaryl/α,β-unsaturated/α-hetero) is 2. The molecule has 1 aromatic carbocycles. The minimum absolute atomic E-state index is 0.106. The van der Waals surface area contributed by atoms with Crippen molar-refractivity contribution in [3.05, 3.63) is 53.6 Å². The normalized spacial score (nSPS) is 13.7. The van der Waals surface area contributed by atoms with Crippen molar-refractivity contribution in [2.45, 2.75) is 129 Å². The summed E-state index contributed by atoms with van der Waals surface area (Å²) in [4.78, 5) is 61.6. The smallest absolute Gasteiger partial charge is 0.337 e. The van der Waals surface area contributed by atoms with Crippen LogP contribution in [0.4, 0.5) is 0 Å². The van der Waals surface area contributed by atoms with E-state index < -0.39 is 47.6 Å². The Balaban J connectivity index is 2.84. The summed E-state index contributed by atoms with van der Waals surface area (Å²) in [6, 6.07) is 5.29. The lowest BCUT2D eigenvalue weighted by Gasteiger charge is -2.30. The van der Waals surface area contributed by atoms with Gasteiger partial charge < -0.3 is 25.4 Å². The monoisotopic (exact) mass is 657 g/mol. The summed E-state index contributed by atoms with van der Waals surface area (Å²) in [7, 11) is 0. The van der Waals surface area contributed by atoms with E-state index in [-0.39, 0.29) is 12.2 Å². The number of amides is 1. The molecule has 0 aromatic heterocycles. The third-order valence-corrected chi connectivity index (χ3v) is 7.87. The molecule has 0 spiro atoms. The van der Waals surface area contributed by atoms with Crippen LogP contribution in [0.1, 0.15) is 117 Å². The van der Waals surface area contributed by atoms with Gasteiger partial charge >= 0.3 is 11.9 Å². The highest BCUT2D eigenvalue weighted by Crippen LogP contribution is 2.26. The van der Waals surface area contributed by atoms with Gasteiger partial charge in [-0.2, -0.15) is 0 Å². The van der Waals surface area contributed by atoms with Crippen molar-refractivity contribution in [2.24, 2.45) is 5.92 Å². The van der Waals surface area contributed by atoms with E-state index in [4.69, 9.17) is 4.74 Å². The van der Waals surface area contributed by atoms with E-state index in [1.165, 1.54) is 25.3 Å². The lowest BCUT2D eigenvalue weighted by molar-refractivity contribution is -0.169. The van der Waals surface area contributed by atoms with Crippen molar-refractivity contribution in [1.29, 1.82) is 0 Å². The summed E-state index contributed by atoms with van der Waals surface area (Å²) >= 11 is 0. The summed E-state index contributed by atoms with van der Waals surface area (Å²) in [6.07, 6.45) is 14.2. The number of aliphatic hydroxyl groups is 1. The molecule has 0 bridgehead atoms. The Morgan fingerprint density at radius 3 is 2.00 bits per heavy atom. The lowest BCUT2D eigenvalue weighted by atomic mass is 9.81. The fourth-order valence-electron chi connectivity index (χ4n) is 5.11. The van der Waals surface area contributed by atoms with Gasteiger partial charge in [0.2, 0.25) is 5.91 Å². The van der Waals surface area contributed by atoms with Crippen molar-refractivity contribution in [3.63, 3.8) is 0 Å². The Bertz CT molecular complexity index is 1200. The first kappa shape index (κ1) is 41.2. The molecule has 1 aromatic rings. The molecule has 1 amide bonds. The summed E-state index contributed by atoms with van der Waals surface area (Å²) in [5.74, 6) is -5.60. The SMILES string of the molecule is CCCCCCCC(=O)CCCCCC/C=C/[C@H](C(=O)N[C@@H](Cc1ccc(OCC=C(C)C)cc1)C(=O)O)[C@@](O)(CC(C)=O)C(=O)O. The van der Waals surface area contributed by atoms with E-state index in [1.807, 2.05) is 19.9 Å². The van der Waals surface area contributed by atoms with Gasteiger partial charge in [-0.1, -0.05) is 75.3 Å². The zero-order valence-electron chi connectivity index (χ0n) is 28.6. The molecule has 10 heteroatoms. The molecule has 0 radical (unpaired) electrons. The number of hydrogen-bond donors (Lipinski definition) is 4. The number of aliphatic carboxylic acids is 2. The highest BCUT2D eigenvalue weighted by molar-refractivity contribution is 5.95. The van der Waals surface area contributed by atoms with E-state index in [1.54, 1.807) is 30.3 Å². The fourth-order valence-corrected chi connectivity index (χ4v) is 5.11. The second-order valence-corrected chi connectivity index (χ2v) is 12.5. The third kappa shape index (κ3) is 17.1. The molecule has 0 aliphatic carbocycles. The van der Waals surface area contributed by atoms with Gasteiger partial charge in [-0.15, -0.1) is 0 Å². The van der Waals surface area contributed by atoms with Gasteiger partial charge in [0.25, 0.3) is 0 Å². The Kier molecular flexibility index (Phi) is 19.9. The Labute approximate surface area is 279 Å². The topological polar surface area (TPSA) is 167 Å². The van der Waals surface area contributed by atoms with Crippen LogP contribution in [0.3, 0.4) is 0 Å². The number of nitrogens with one attached hydrogen (secondary N) is 1. The maximum atomic E-state index is 13.4. The van der Waals surface area contributed by atoms with E-state index in [0.29, 0.717) is 43.6 Å². The van der Waals surface area contributed by atoms with Gasteiger partial charge in [0.1, 0.15) is 30.0 Å². The second-order valence-electron chi connectivity index (χ2n) is 12.5. The van der Waals surface area contributed by atoms with Crippen LogP contribution in [-0.4, -0.2) is 63.0 Å². The lowest BCUT2D eigenvalue weighted by Crippen LogP contribution is -2.55. The minimum atomic E-state index is -2.77. The molecule has 0 aliphatic heterocycles. The van der Waals surface area contributed by atoms with Crippen LogP contribution in [-0.2, 0) is 30.4 Å². The van der Waals surface area contributed by atoms with Crippen LogP contribution in [0.5, 0.6) is 5.75 Å². The molecule has 0 aliphatic rings. The molecule has 3 atom stereocenters. The highest BCUT2D eigenvalue weighted by Gasteiger charge is 2.48. The summed E-state index contributed by atoms with van der Waals surface area (Å²) < 4.78 is 5.62. The largest absolute Gasteiger partial charge is 0.490 e. The maximum absolute atomic E-state index is 13.4. The van der Waals surface area contributed by atoms with Crippen LogP contribution in [0.2, 0.25) is 0 Å². The number of benzene rings is 1. The van der Waals surface area contributed by atoms with Gasteiger partial charge in [-0.25, -0.2) is 9.59 Å². The standard InChI is InChI=1S/C37H55NO9/c1-5-6-7-10-13-16-30(40)17-14-11-8-9-12-15-18-32(37(46,36(44)45)26-28(4)39)34(41)38-33(35(42)43)25-29-19-21-31(22-20-29)47-24-23-27(2)3/h15,18-23,32-33,46H,5-14,16-17,24-26H2,1-4H3,(H,38,41)(H,42,43)(H,44,45)/b18-15+/t32-,33+,37+/m1/s1. The van der Waals surface area contributed by atoms with Gasteiger partial charge in [0.05, 0.1) is 5.92 Å². The van der Waals surface area contributed by atoms with Gasteiger partial charge in [0.15, 0.2) is 5.60 Å². The van der Waals surface area contributed by atoms with Crippen molar-refractivity contribution in [3.8, 4) is 5.75 Å². The number of hydrogen-bond acceptors (Lipinski definition) is 7. The number of unbranched alkanes of at least 4 members (excludes halogenated alkanes) is 8. The van der Waals surface area contributed by atoms with Gasteiger partial charge in [-0.3, -0.25) is 14.4 Å². The molecule has 4 N–H and O–H groups in total. The first-order valence-electron chi connectivity index (χ1n) is 16.8. The summed E-state index contributed by atoms with van der Waals surface area (Å²) in [5.41, 5.74) is -1.07. The molecular formula is C37H55NO9. The predicted octanol–water partition coefficient (Wildman–Crippen LogP) is 6.38. The average molecular weight is 658 g/mol. The number of ketones is 2. The number of rotatable bonds is 26. The summed E-state index contributed by atoms with van der Waals surface area (Å²) in [6.45, 7) is 7.56. The van der Waals surface area contributed by atoms with Crippen LogP contribution < -0.4 is 10.1 Å². The zero-order valence-corrected chi connectivity index (χ0v) is 28.6. The van der Waals surface area contributed by atoms with Crippen molar-refractivity contribution < 1.29 is 44.0 Å². The number of ether oxygens (including phenoxy) is 1. The number of carbonyl (C=O) groups excluding carboxylic acids is 3. The molecule has 1 rings (SSSR count). The summed E-state index contributed by atoms with van der Waals surface area (Å²) in [5, 5.41) is 33.1. The minimum Gasteiger partial charge on any atom is -0.490 e. The third-order valence-electron chi connectivity index (χ3n) is 7.87. The van der Waals surface area contributed by atoms with Crippen LogP contribution in [0.15, 0.2) is 48.1 Å². The molecular weight excluding hydrogens is 602 g/mol. The zero-order chi connectivity index (χ0) is 35.2. The van der Waals surface area contributed by atoms with E-state index in [2.05, 4.69) is 12.2 Å². The van der Waals surface area contributed by atoms with Crippen LogP contribution in [0.25, 0.3) is 0 Å². The van der Waals surface area contributed by atoms with E-state index in [0.717, 1.165) is 44.6 Å². The number of carboxylic acid groups (broad SMARTS) is 2. The molecule has 0 fully saturated rings. The molecule has 0 heterocycles. The highest BCUT2D eigenvalue weighted by atomic mass is 16.5. The first-order valence-corrected chi connectivity index (χ1v) is 16.8. The second kappa shape index (κ2) is 22.7. The van der Waals surface area contributed by atoms with Crippen LogP contribution in [0, 0.1) is 5.92 Å². The van der Waals surface area contributed by atoms with Crippen molar-refractivity contribution in [1.82, 2.24) is 5.32 Å². The van der Waals surface area contributed by atoms with Crippen LogP contribution >= 0.6 is 0 Å².